The molecule has 3 heteroatoms. The van der Waals surface area contributed by atoms with Crippen molar-refractivity contribution in [1.29, 1.82) is 0 Å². The second kappa shape index (κ2) is 30.6. The molecule has 42 heavy (non-hydrogen) atoms. The molecule has 0 N–H and O–H groups in total. The summed E-state index contributed by atoms with van der Waals surface area (Å²) in [6.07, 6.45) is 36.2. The van der Waals surface area contributed by atoms with Gasteiger partial charge in [0.2, 0.25) is 0 Å². The highest BCUT2D eigenvalue weighted by Gasteiger charge is 2.14. The average Bonchev–Trinajstić information content (AvgIpc) is 2.96. The third-order valence-corrected chi connectivity index (χ3v) is 7.90. The number of carbonyl (C=O) groups excluding carboxylic acids is 1. The van der Waals surface area contributed by atoms with Gasteiger partial charge in [-0.15, -0.1) is 0 Å². The summed E-state index contributed by atoms with van der Waals surface area (Å²) in [4.78, 5) is 10.2. The van der Waals surface area contributed by atoms with Gasteiger partial charge in [0.05, 0.1) is 20.6 Å². The fourth-order valence-electron chi connectivity index (χ4n) is 5.26. The zero-order chi connectivity index (χ0) is 31.0. The summed E-state index contributed by atoms with van der Waals surface area (Å²) in [5, 5.41) is 10.2. The SMILES string of the molecule is CCCCC/C=C\C/C=C\CCCCCCCC(=O)[O-].CCCCCCCCCCCC[N+](C)(C)Cc1ccccc1. The first kappa shape index (κ1) is 40.1. The van der Waals surface area contributed by atoms with E-state index in [0.717, 1.165) is 43.1 Å². The summed E-state index contributed by atoms with van der Waals surface area (Å²) in [6, 6.07) is 10.9. The van der Waals surface area contributed by atoms with Crippen LogP contribution in [-0.2, 0) is 11.3 Å². The van der Waals surface area contributed by atoms with Gasteiger partial charge in [0.1, 0.15) is 6.54 Å². The topological polar surface area (TPSA) is 40.1 Å². The van der Waals surface area contributed by atoms with Crippen molar-refractivity contribution in [3.8, 4) is 0 Å². The van der Waals surface area contributed by atoms with Gasteiger partial charge in [-0.25, -0.2) is 0 Å². The van der Waals surface area contributed by atoms with Crippen molar-refractivity contribution in [3.63, 3.8) is 0 Å². The van der Waals surface area contributed by atoms with E-state index >= 15 is 0 Å². The van der Waals surface area contributed by atoms with E-state index in [9.17, 15) is 9.90 Å². The van der Waals surface area contributed by atoms with Crippen molar-refractivity contribution in [2.24, 2.45) is 0 Å². The summed E-state index contributed by atoms with van der Waals surface area (Å²) in [6.45, 7) is 6.97. The average molecular weight is 584 g/mol. The molecule has 0 aromatic heterocycles. The molecule has 0 aliphatic rings. The molecule has 0 atom stereocenters. The van der Waals surface area contributed by atoms with Crippen LogP contribution in [0.15, 0.2) is 54.6 Å². The van der Waals surface area contributed by atoms with E-state index < -0.39 is 5.97 Å². The highest BCUT2D eigenvalue weighted by molar-refractivity contribution is 5.64. The van der Waals surface area contributed by atoms with Crippen LogP contribution in [0.4, 0.5) is 0 Å². The van der Waals surface area contributed by atoms with Crippen molar-refractivity contribution in [3.05, 3.63) is 60.2 Å². The van der Waals surface area contributed by atoms with Crippen molar-refractivity contribution < 1.29 is 14.4 Å². The number of unbranched alkanes of at least 4 members (excludes halogenated alkanes) is 17. The first-order valence-corrected chi connectivity index (χ1v) is 17.8. The number of carboxylic acid groups (broad SMARTS) is 1. The summed E-state index contributed by atoms with van der Waals surface area (Å²) in [7, 11) is 4.72. The van der Waals surface area contributed by atoms with Crippen LogP contribution in [0.1, 0.15) is 161 Å². The van der Waals surface area contributed by atoms with Gasteiger partial charge >= 0.3 is 0 Å². The van der Waals surface area contributed by atoms with Crippen LogP contribution in [0.5, 0.6) is 0 Å². The molecular formula is C39H69NO2. The lowest BCUT2D eigenvalue weighted by atomic mass is 10.1. The Morgan fingerprint density at radius 2 is 1.07 bits per heavy atom. The second-order valence-electron chi connectivity index (χ2n) is 12.8. The normalized spacial score (nSPS) is 11.7. The molecular weight excluding hydrogens is 514 g/mol. The lowest BCUT2D eigenvalue weighted by Gasteiger charge is -2.30. The van der Waals surface area contributed by atoms with E-state index in [4.69, 9.17) is 0 Å². The molecule has 0 unspecified atom stereocenters. The highest BCUT2D eigenvalue weighted by Crippen LogP contribution is 2.14. The fourth-order valence-corrected chi connectivity index (χ4v) is 5.26. The molecule has 0 aliphatic carbocycles. The molecule has 0 spiro atoms. The van der Waals surface area contributed by atoms with Crippen LogP contribution < -0.4 is 5.11 Å². The minimum absolute atomic E-state index is 0.213. The summed E-state index contributed by atoms with van der Waals surface area (Å²) in [5.41, 5.74) is 1.46. The molecule has 1 rings (SSSR count). The highest BCUT2D eigenvalue weighted by atomic mass is 16.4. The molecule has 0 heterocycles. The Balaban J connectivity index is 0.000000805. The van der Waals surface area contributed by atoms with Crippen LogP contribution in [0.25, 0.3) is 0 Å². The van der Waals surface area contributed by atoms with E-state index in [0.29, 0.717) is 0 Å². The van der Waals surface area contributed by atoms with Crippen molar-refractivity contribution in [2.45, 2.75) is 162 Å². The van der Waals surface area contributed by atoms with Crippen LogP contribution in [0, 0.1) is 0 Å². The number of aliphatic carboxylic acids is 1. The number of nitrogens with zero attached hydrogens (tertiary/aromatic N) is 1. The zero-order valence-corrected chi connectivity index (χ0v) is 28.4. The Hall–Kier alpha value is -1.87. The van der Waals surface area contributed by atoms with Crippen molar-refractivity contribution >= 4 is 5.97 Å². The van der Waals surface area contributed by atoms with E-state index in [1.165, 1.54) is 115 Å². The van der Waals surface area contributed by atoms with E-state index in [-0.39, 0.29) is 6.42 Å². The largest absolute Gasteiger partial charge is 0.550 e. The van der Waals surface area contributed by atoms with E-state index in [1.807, 2.05) is 0 Å². The molecule has 0 saturated heterocycles. The molecule has 242 valence electrons. The predicted molar refractivity (Wildman–Crippen MR) is 183 cm³/mol. The Bertz CT molecular complexity index is 753. The van der Waals surface area contributed by atoms with Crippen LogP contribution >= 0.6 is 0 Å². The Morgan fingerprint density at radius 3 is 1.62 bits per heavy atom. The third kappa shape index (κ3) is 31.1. The summed E-state index contributed by atoms with van der Waals surface area (Å²) < 4.78 is 1.11. The molecule has 0 aliphatic heterocycles. The van der Waals surface area contributed by atoms with Gasteiger partial charge < -0.3 is 14.4 Å². The van der Waals surface area contributed by atoms with Gasteiger partial charge in [-0.3, -0.25) is 0 Å². The lowest BCUT2D eigenvalue weighted by Crippen LogP contribution is -2.39. The molecule has 0 radical (unpaired) electrons. The number of allylic oxidation sites excluding steroid dienone is 4. The van der Waals surface area contributed by atoms with Crippen molar-refractivity contribution in [2.75, 3.05) is 20.6 Å². The zero-order valence-electron chi connectivity index (χ0n) is 28.4. The van der Waals surface area contributed by atoms with Gasteiger partial charge in [0.25, 0.3) is 0 Å². The van der Waals surface area contributed by atoms with Gasteiger partial charge in [-0.2, -0.15) is 0 Å². The quantitative estimate of drug-likeness (QED) is 0.0587. The minimum Gasteiger partial charge on any atom is -0.550 e. The maximum Gasteiger partial charge on any atom is 0.104 e. The molecule has 0 bridgehead atoms. The van der Waals surface area contributed by atoms with Crippen LogP contribution in [-0.4, -0.2) is 31.1 Å². The third-order valence-electron chi connectivity index (χ3n) is 7.90. The first-order valence-electron chi connectivity index (χ1n) is 17.8. The number of quaternary nitrogens is 1. The Labute approximate surface area is 262 Å². The van der Waals surface area contributed by atoms with Crippen molar-refractivity contribution in [1.82, 2.24) is 0 Å². The second-order valence-corrected chi connectivity index (χ2v) is 12.8. The smallest absolute Gasteiger partial charge is 0.104 e. The standard InChI is InChI=1S/C21H38N.C18H32O2/c1-4-5-6-7-8-9-10-11-12-16-19-22(2,3)20-21-17-14-13-15-18-21;1-2-3-4-5-6-7-8-9-10-11-12-13-14-15-16-17-18(19)20/h13-15,17-18H,4-12,16,19-20H2,1-3H3;6-7,9-10H,2-5,8,11-17H2,1H3,(H,19,20)/q+1;/p-1/b;7-6-,10-9-. The van der Waals surface area contributed by atoms with Gasteiger partial charge in [0.15, 0.2) is 0 Å². The maximum atomic E-state index is 10.2. The van der Waals surface area contributed by atoms with Gasteiger partial charge in [0, 0.05) is 11.5 Å². The number of hydrogen-bond donors (Lipinski definition) is 0. The first-order chi connectivity index (χ1) is 20.4. The number of carbonyl (C=O) groups is 1. The molecule has 3 nitrogen and oxygen atoms in total. The maximum absolute atomic E-state index is 10.2. The summed E-state index contributed by atoms with van der Waals surface area (Å²) in [5.74, 6) is -0.921. The molecule has 0 amide bonds. The number of hydrogen-bond acceptors (Lipinski definition) is 2. The monoisotopic (exact) mass is 584 g/mol. The van der Waals surface area contributed by atoms with E-state index in [2.05, 4.69) is 82.6 Å². The van der Waals surface area contributed by atoms with Gasteiger partial charge in [-0.1, -0.05) is 152 Å². The number of rotatable bonds is 27. The molecule has 1 aromatic carbocycles. The fraction of sp³-hybridized carbons (Fsp3) is 0.718. The Morgan fingerprint density at radius 1 is 0.619 bits per heavy atom. The molecule has 0 fully saturated rings. The molecule has 0 saturated carbocycles. The number of benzene rings is 1. The summed E-state index contributed by atoms with van der Waals surface area (Å²) >= 11 is 0. The number of carboxylic acids is 1. The van der Waals surface area contributed by atoms with Crippen LogP contribution in [0.2, 0.25) is 0 Å². The lowest BCUT2D eigenvalue weighted by molar-refractivity contribution is -0.903. The van der Waals surface area contributed by atoms with Crippen LogP contribution in [0.3, 0.4) is 0 Å². The predicted octanol–water partition coefficient (Wildman–Crippen LogP) is 10.7. The van der Waals surface area contributed by atoms with E-state index in [1.54, 1.807) is 0 Å². The Kier molecular flexibility index (Phi) is 29.2. The molecule has 1 aromatic rings. The van der Waals surface area contributed by atoms with Gasteiger partial charge in [-0.05, 0) is 57.8 Å². The minimum atomic E-state index is -0.921.